The Bertz CT molecular complexity index is 320. The van der Waals surface area contributed by atoms with Gasteiger partial charge in [-0.3, -0.25) is 0 Å². The quantitative estimate of drug-likeness (QED) is 0.630. The van der Waals surface area contributed by atoms with E-state index in [2.05, 4.69) is 19.2 Å². The Hall–Kier alpha value is -1.30. The summed E-state index contributed by atoms with van der Waals surface area (Å²) in [6.07, 6.45) is 2.42. The Morgan fingerprint density at radius 2 is 2.05 bits per heavy atom. The van der Waals surface area contributed by atoms with E-state index in [1.807, 2.05) is 0 Å². The smallest absolute Gasteiger partial charge is 0.326 e. The lowest BCUT2D eigenvalue weighted by molar-refractivity contribution is -0.141. The molecule has 3 N–H and O–H groups in total. The van der Waals surface area contributed by atoms with Crippen LogP contribution in [-0.2, 0) is 4.79 Å². The normalized spacial score (nSPS) is 22.8. The van der Waals surface area contributed by atoms with Crippen LogP contribution in [0.15, 0.2) is 0 Å². The molecule has 0 bridgehead atoms. The first kappa shape index (κ1) is 15.8. The van der Waals surface area contributed by atoms with Crippen molar-refractivity contribution < 1.29 is 19.8 Å². The summed E-state index contributed by atoms with van der Waals surface area (Å²) in [5, 5.41) is 21.2. The first-order chi connectivity index (χ1) is 8.91. The summed E-state index contributed by atoms with van der Waals surface area (Å²) in [6.45, 7) is 4.95. The number of likely N-dealkylation sites (tertiary alicyclic amines) is 1. The standard InChI is InChI=1S/C13H24N2O4/c1-9(2)5-3-4-6-14-13(19)15-8-10(16)7-11(15)12(17)18/h9-11,16H,3-8H2,1-2H3,(H,14,19)(H,17,18)/t10-,11-/m1/s1. The van der Waals surface area contributed by atoms with Gasteiger partial charge in [-0.15, -0.1) is 0 Å². The highest BCUT2D eigenvalue weighted by Crippen LogP contribution is 2.18. The number of aliphatic hydroxyl groups excluding tert-OH is 1. The van der Waals surface area contributed by atoms with Crippen molar-refractivity contribution in [3.8, 4) is 0 Å². The molecule has 0 saturated carbocycles. The summed E-state index contributed by atoms with van der Waals surface area (Å²) in [5.41, 5.74) is 0. The number of carboxylic acid groups (broad SMARTS) is 1. The van der Waals surface area contributed by atoms with Gasteiger partial charge in [-0.2, -0.15) is 0 Å². The highest BCUT2D eigenvalue weighted by Gasteiger charge is 2.38. The third kappa shape index (κ3) is 5.06. The Balaban J connectivity index is 2.30. The maximum atomic E-state index is 11.8. The molecule has 0 aromatic rings. The first-order valence-corrected chi connectivity index (χ1v) is 6.87. The predicted octanol–water partition coefficient (Wildman–Crippen LogP) is 1.04. The number of nitrogens with one attached hydrogen (secondary N) is 1. The largest absolute Gasteiger partial charge is 0.480 e. The fourth-order valence-electron chi connectivity index (χ4n) is 2.25. The number of hydrogen-bond donors (Lipinski definition) is 3. The van der Waals surface area contributed by atoms with Gasteiger partial charge in [0.25, 0.3) is 0 Å². The van der Waals surface area contributed by atoms with E-state index in [1.165, 1.54) is 4.90 Å². The zero-order chi connectivity index (χ0) is 14.4. The van der Waals surface area contributed by atoms with Crippen LogP contribution in [0.1, 0.15) is 39.5 Å². The van der Waals surface area contributed by atoms with E-state index >= 15 is 0 Å². The van der Waals surface area contributed by atoms with Crippen LogP contribution in [0.5, 0.6) is 0 Å². The Morgan fingerprint density at radius 3 is 2.63 bits per heavy atom. The molecule has 1 fully saturated rings. The van der Waals surface area contributed by atoms with Crippen molar-refractivity contribution >= 4 is 12.0 Å². The maximum absolute atomic E-state index is 11.8. The fourth-order valence-corrected chi connectivity index (χ4v) is 2.25. The van der Waals surface area contributed by atoms with Gasteiger partial charge in [-0.05, 0) is 12.3 Å². The molecule has 0 aliphatic carbocycles. The number of carboxylic acids is 1. The zero-order valence-electron chi connectivity index (χ0n) is 11.6. The molecule has 110 valence electrons. The van der Waals surface area contributed by atoms with Crippen molar-refractivity contribution in [1.29, 1.82) is 0 Å². The van der Waals surface area contributed by atoms with Gasteiger partial charge in [0.15, 0.2) is 0 Å². The Morgan fingerprint density at radius 1 is 1.37 bits per heavy atom. The van der Waals surface area contributed by atoms with Crippen molar-refractivity contribution in [2.45, 2.75) is 51.7 Å². The summed E-state index contributed by atoms with van der Waals surface area (Å²) in [7, 11) is 0. The summed E-state index contributed by atoms with van der Waals surface area (Å²) in [5.74, 6) is -0.410. The highest BCUT2D eigenvalue weighted by atomic mass is 16.4. The minimum Gasteiger partial charge on any atom is -0.480 e. The van der Waals surface area contributed by atoms with Gasteiger partial charge in [-0.1, -0.05) is 26.7 Å². The van der Waals surface area contributed by atoms with Crippen LogP contribution in [0.2, 0.25) is 0 Å². The van der Waals surface area contributed by atoms with Crippen LogP contribution in [-0.4, -0.2) is 52.3 Å². The molecule has 1 aliphatic heterocycles. The van der Waals surface area contributed by atoms with Gasteiger partial charge in [-0.25, -0.2) is 9.59 Å². The molecule has 0 aromatic carbocycles. The molecular weight excluding hydrogens is 248 g/mol. The summed E-state index contributed by atoms with van der Waals surface area (Å²) < 4.78 is 0. The second-order valence-electron chi connectivity index (χ2n) is 5.52. The molecule has 0 aromatic heterocycles. The summed E-state index contributed by atoms with van der Waals surface area (Å²) in [4.78, 5) is 24.0. The lowest BCUT2D eigenvalue weighted by atomic mass is 10.1. The zero-order valence-corrected chi connectivity index (χ0v) is 11.6. The number of aliphatic hydroxyl groups is 1. The van der Waals surface area contributed by atoms with Crippen molar-refractivity contribution in [1.82, 2.24) is 10.2 Å². The topological polar surface area (TPSA) is 89.9 Å². The lowest BCUT2D eigenvalue weighted by Gasteiger charge is -2.21. The molecule has 2 atom stereocenters. The minimum absolute atomic E-state index is 0.0921. The summed E-state index contributed by atoms with van der Waals surface area (Å²) in [6, 6.07) is -1.31. The van der Waals surface area contributed by atoms with Crippen LogP contribution >= 0.6 is 0 Å². The number of aliphatic carboxylic acids is 1. The molecule has 6 heteroatoms. The number of β-amino-alcohol motifs (C(OH)–C–C–N with tert-alkyl or cyclic N) is 1. The van der Waals surface area contributed by atoms with Crippen LogP contribution in [0, 0.1) is 5.92 Å². The van der Waals surface area contributed by atoms with Crippen LogP contribution in [0.4, 0.5) is 4.79 Å². The van der Waals surface area contributed by atoms with E-state index in [9.17, 15) is 14.7 Å². The molecule has 1 rings (SSSR count). The number of amides is 2. The molecule has 1 heterocycles. The van der Waals surface area contributed by atoms with E-state index in [-0.39, 0.29) is 13.0 Å². The molecular formula is C13H24N2O4. The predicted molar refractivity (Wildman–Crippen MR) is 70.8 cm³/mol. The third-order valence-corrected chi connectivity index (χ3v) is 3.31. The number of rotatable bonds is 6. The Labute approximate surface area is 113 Å². The average molecular weight is 272 g/mol. The Kier molecular flexibility index (Phi) is 6.08. The van der Waals surface area contributed by atoms with E-state index in [0.717, 1.165) is 19.3 Å². The van der Waals surface area contributed by atoms with E-state index in [0.29, 0.717) is 12.5 Å². The second kappa shape index (κ2) is 7.33. The molecule has 0 unspecified atom stereocenters. The van der Waals surface area contributed by atoms with Gasteiger partial charge in [0, 0.05) is 19.5 Å². The van der Waals surface area contributed by atoms with Gasteiger partial charge in [0.05, 0.1) is 6.10 Å². The number of nitrogens with zero attached hydrogens (tertiary/aromatic N) is 1. The van der Waals surface area contributed by atoms with E-state index < -0.39 is 24.1 Å². The molecule has 1 saturated heterocycles. The van der Waals surface area contributed by atoms with E-state index in [1.54, 1.807) is 0 Å². The number of hydrogen-bond acceptors (Lipinski definition) is 3. The number of carbonyl (C=O) groups is 2. The molecule has 1 aliphatic rings. The van der Waals surface area contributed by atoms with Gasteiger partial charge in [0.1, 0.15) is 6.04 Å². The maximum Gasteiger partial charge on any atom is 0.326 e. The molecule has 0 radical (unpaired) electrons. The number of urea groups is 1. The first-order valence-electron chi connectivity index (χ1n) is 6.87. The second-order valence-corrected chi connectivity index (χ2v) is 5.52. The molecule has 2 amide bonds. The molecule has 19 heavy (non-hydrogen) atoms. The fraction of sp³-hybridized carbons (Fsp3) is 0.846. The van der Waals surface area contributed by atoms with Crippen molar-refractivity contribution in [3.63, 3.8) is 0 Å². The van der Waals surface area contributed by atoms with Crippen LogP contribution < -0.4 is 5.32 Å². The lowest BCUT2D eigenvalue weighted by Crippen LogP contribution is -2.46. The number of unbranched alkanes of at least 4 members (excludes halogenated alkanes) is 1. The summed E-state index contributed by atoms with van der Waals surface area (Å²) >= 11 is 0. The number of carbonyl (C=O) groups excluding carboxylic acids is 1. The third-order valence-electron chi connectivity index (χ3n) is 3.31. The SMILES string of the molecule is CC(C)CCCCNC(=O)N1C[C@H](O)C[C@@H]1C(=O)O. The van der Waals surface area contributed by atoms with Crippen molar-refractivity contribution in [2.75, 3.05) is 13.1 Å². The van der Waals surface area contributed by atoms with Crippen molar-refractivity contribution in [2.24, 2.45) is 5.92 Å². The van der Waals surface area contributed by atoms with Crippen molar-refractivity contribution in [3.05, 3.63) is 0 Å². The van der Waals surface area contributed by atoms with Crippen LogP contribution in [0.25, 0.3) is 0 Å². The minimum atomic E-state index is -1.06. The van der Waals surface area contributed by atoms with E-state index in [4.69, 9.17) is 5.11 Å². The van der Waals surface area contributed by atoms with Gasteiger partial charge < -0.3 is 20.4 Å². The highest BCUT2D eigenvalue weighted by molar-refractivity contribution is 5.83. The van der Waals surface area contributed by atoms with Gasteiger partial charge in [0.2, 0.25) is 0 Å². The van der Waals surface area contributed by atoms with Crippen LogP contribution in [0.3, 0.4) is 0 Å². The average Bonchev–Trinajstić information content (AvgIpc) is 2.70. The monoisotopic (exact) mass is 272 g/mol. The molecule has 0 spiro atoms. The molecule has 6 nitrogen and oxygen atoms in total. The van der Waals surface area contributed by atoms with Gasteiger partial charge >= 0.3 is 12.0 Å².